The first-order valence-electron chi connectivity index (χ1n) is 6.94. The zero-order valence-electron chi connectivity index (χ0n) is 12.2. The van der Waals surface area contributed by atoms with Gasteiger partial charge in [-0.15, -0.1) is 0 Å². The van der Waals surface area contributed by atoms with Crippen LogP contribution in [0, 0.1) is 13.8 Å². The zero-order chi connectivity index (χ0) is 14.1. The van der Waals surface area contributed by atoms with Crippen molar-refractivity contribution in [2.45, 2.75) is 40.0 Å². The molecule has 0 radical (unpaired) electrons. The van der Waals surface area contributed by atoms with Crippen molar-refractivity contribution in [3.05, 3.63) is 65.2 Å². The number of benzene rings is 2. The summed E-state index contributed by atoms with van der Waals surface area (Å²) in [6.45, 7) is 6.65. The van der Waals surface area contributed by atoms with Crippen molar-refractivity contribution in [2.75, 3.05) is 0 Å². The summed E-state index contributed by atoms with van der Waals surface area (Å²) in [7, 11) is 0. The van der Waals surface area contributed by atoms with Gasteiger partial charge in [0.2, 0.25) is 0 Å². The predicted molar refractivity (Wildman–Crippen MR) is 82.6 cm³/mol. The molecule has 1 N–H and O–H groups in total. The van der Waals surface area contributed by atoms with Crippen molar-refractivity contribution in [1.82, 2.24) is 0 Å². The molecule has 0 aromatic heterocycles. The molecule has 19 heavy (non-hydrogen) atoms. The molecule has 0 atom stereocenters. The summed E-state index contributed by atoms with van der Waals surface area (Å²) < 4.78 is 0. The van der Waals surface area contributed by atoms with E-state index in [0.717, 1.165) is 0 Å². The molecule has 1 heteroatoms. The van der Waals surface area contributed by atoms with Crippen molar-refractivity contribution in [2.24, 2.45) is 0 Å². The highest BCUT2D eigenvalue weighted by atomic mass is 16.3. The molecule has 0 unspecified atom stereocenters. The summed E-state index contributed by atoms with van der Waals surface area (Å²) in [6, 6.07) is 15.3. The largest absolute Gasteiger partial charge is 0.508 e. The Bertz CT molecular complexity index is 474. The highest BCUT2D eigenvalue weighted by Crippen LogP contribution is 2.14. The molecule has 0 aliphatic carbocycles. The van der Waals surface area contributed by atoms with Gasteiger partial charge < -0.3 is 5.11 Å². The van der Waals surface area contributed by atoms with Crippen LogP contribution in [0.15, 0.2) is 48.5 Å². The molecule has 0 bridgehead atoms. The van der Waals surface area contributed by atoms with Gasteiger partial charge in [-0.25, -0.2) is 0 Å². The quantitative estimate of drug-likeness (QED) is 0.815. The number of aromatic hydroxyl groups is 1. The average molecular weight is 256 g/mol. The number of rotatable bonds is 3. The normalized spacial score (nSPS) is 9.63. The number of para-hydroxylation sites is 1. The molecule has 1 nitrogen and oxygen atoms in total. The molecule has 0 fully saturated rings. The summed E-state index contributed by atoms with van der Waals surface area (Å²) in [5.74, 6) is 0.322. The SMILES string of the molecule is CCCCc1cccc(C)c1C.Oc1ccccc1. The summed E-state index contributed by atoms with van der Waals surface area (Å²) in [6.07, 6.45) is 3.84. The van der Waals surface area contributed by atoms with Crippen molar-refractivity contribution >= 4 is 0 Å². The summed E-state index contributed by atoms with van der Waals surface area (Å²) >= 11 is 0. The van der Waals surface area contributed by atoms with Crippen molar-refractivity contribution in [3.63, 3.8) is 0 Å². The lowest BCUT2D eigenvalue weighted by molar-refractivity contribution is 0.475. The molecule has 0 aliphatic rings. The molecule has 0 amide bonds. The summed E-state index contributed by atoms with van der Waals surface area (Å²) in [4.78, 5) is 0. The number of unbranched alkanes of at least 4 members (excludes halogenated alkanes) is 1. The third-order valence-corrected chi connectivity index (χ3v) is 3.27. The summed E-state index contributed by atoms with van der Waals surface area (Å²) in [5, 5.41) is 8.63. The lowest BCUT2D eigenvalue weighted by Crippen LogP contribution is -1.91. The standard InChI is InChI=1S/C12H18.C6H6O/c1-4-5-8-12-9-6-7-10(2)11(12)3;7-6-4-2-1-3-5-6/h6-7,9H,4-5,8H2,1-3H3;1-5,7H. The second kappa shape index (κ2) is 8.36. The monoisotopic (exact) mass is 256 g/mol. The fourth-order valence-corrected chi connectivity index (χ4v) is 1.88. The Morgan fingerprint density at radius 2 is 1.58 bits per heavy atom. The number of phenols is 1. The minimum Gasteiger partial charge on any atom is -0.508 e. The van der Waals surface area contributed by atoms with Gasteiger partial charge in [0.25, 0.3) is 0 Å². The van der Waals surface area contributed by atoms with Gasteiger partial charge in [0, 0.05) is 0 Å². The number of phenolic OH excluding ortho intramolecular Hbond substituents is 1. The molecular formula is C18H24O. The number of aryl methyl sites for hydroxylation is 2. The Morgan fingerprint density at radius 1 is 0.895 bits per heavy atom. The maximum Gasteiger partial charge on any atom is 0.115 e. The van der Waals surface area contributed by atoms with Gasteiger partial charge in [0.1, 0.15) is 5.75 Å². The highest BCUT2D eigenvalue weighted by Gasteiger charge is 1.98. The molecule has 2 rings (SSSR count). The van der Waals surface area contributed by atoms with Crippen molar-refractivity contribution in [3.8, 4) is 5.75 Å². The third kappa shape index (κ3) is 5.60. The van der Waals surface area contributed by atoms with E-state index in [0.29, 0.717) is 5.75 Å². The van der Waals surface area contributed by atoms with Gasteiger partial charge in [-0.3, -0.25) is 0 Å². The van der Waals surface area contributed by atoms with Crippen LogP contribution in [0.25, 0.3) is 0 Å². The van der Waals surface area contributed by atoms with Crippen LogP contribution < -0.4 is 0 Å². The van der Waals surface area contributed by atoms with E-state index in [1.54, 1.807) is 24.3 Å². The average Bonchev–Trinajstić information content (AvgIpc) is 2.42. The van der Waals surface area contributed by atoms with Crippen LogP contribution in [0.2, 0.25) is 0 Å². The molecule has 102 valence electrons. The first-order chi connectivity index (χ1) is 9.15. The highest BCUT2D eigenvalue weighted by molar-refractivity contribution is 5.33. The van der Waals surface area contributed by atoms with E-state index >= 15 is 0 Å². The van der Waals surface area contributed by atoms with Gasteiger partial charge >= 0.3 is 0 Å². The number of hydrogen-bond donors (Lipinski definition) is 1. The fraction of sp³-hybridized carbons (Fsp3) is 0.333. The smallest absolute Gasteiger partial charge is 0.115 e. The molecular weight excluding hydrogens is 232 g/mol. The molecule has 2 aromatic rings. The van der Waals surface area contributed by atoms with Gasteiger partial charge in [0.15, 0.2) is 0 Å². The molecule has 0 saturated heterocycles. The second-order valence-electron chi connectivity index (χ2n) is 4.80. The van der Waals surface area contributed by atoms with E-state index in [1.807, 2.05) is 6.07 Å². The molecule has 0 saturated carbocycles. The lowest BCUT2D eigenvalue weighted by atomic mass is 9.99. The van der Waals surface area contributed by atoms with Gasteiger partial charge in [-0.2, -0.15) is 0 Å². The van der Waals surface area contributed by atoms with E-state index in [9.17, 15) is 0 Å². The first-order valence-corrected chi connectivity index (χ1v) is 6.94. The Kier molecular flexibility index (Phi) is 6.73. The van der Waals surface area contributed by atoms with Gasteiger partial charge in [-0.1, -0.05) is 49.7 Å². The maximum absolute atomic E-state index is 8.63. The van der Waals surface area contributed by atoms with Crippen LogP contribution >= 0.6 is 0 Å². The predicted octanol–water partition coefficient (Wildman–Crippen LogP) is 5.04. The van der Waals surface area contributed by atoms with Crippen LogP contribution in [0.5, 0.6) is 5.75 Å². The van der Waals surface area contributed by atoms with E-state index in [1.165, 1.54) is 36.0 Å². The fourth-order valence-electron chi connectivity index (χ4n) is 1.88. The van der Waals surface area contributed by atoms with E-state index in [4.69, 9.17) is 5.11 Å². The van der Waals surface area contributed by atoms with E-state index < -0.39 is 0 Å². The topological polar surface area (TPSA) is 20.2 Å². The maximum atomic E-state index is 8.63. The number of hydrogen-bond acceptors (Lipinski definition) is 1. The van der Waals surface area contributed by atoms with Crippen molar-refractivity contribution < 1.29 is 5.11 Å². The van der Waals surface area contributed by atoms with Crippen LogP contribution in [-0.4, -0.2) is 5.11 Å². The minimum absolute atomic E-state index is 0.322. The molecule has 2 aromatic carbocycles. The van der Waals surface area contributed by atoms with Crippen LogP contribution in [0.1, 0.15) is 36.5 Å². The summed E-state index contributed by atoms with van der Waals surface area (Å²) in [5.41, 5.74) is 4.42. The third-order valence-electron chi connectivity index (χ3n) is 3.27. The Balaban J connectivity index is 0.000000218. The molecule has 0 spiro atoms. The molecule has 0 heterocycles. The molecule has 0 aliphatic heterocycles. The van der Waals surface area contributed by atoms with Crippen LogP contribution in [-0.2, 0) is 6.42 Å². The van der Waals surface area contributed by atoms with E-state index in [-0.39, 0.29) is 0 Å². The first kappa shape index (κ1) is 15.3. The minimum atomic E-state index is 0.322. The Morgan fingerprint density at radius 3 is 2.11 bits per heavy atom. The lowest BCUT2D eigenvalue weighted by Gasteiger charge is -2.06. The Hall–Kier alpha value is -1.76. The zero-order valence-corrected chi connectivity index (χ0v) is 12.2. The van der Waals surface area contributed by atoms with Gasteiger partial charge in [0.05, 0.1) is 0 Å². The second-order valence-corrected chi connectivity index (χ2v) is 4.80. The van der Waals surface area contributed by atoms with Gasteiger partial charge in [-0.05, 0) is 55.5 Å². The van der Waals surface area contributed by atoms with Crippen molar-refractivity contribution in [1.29, 1.82) is 0 Å². The Labute approximate surface area is 116 Å². The van der Waals surface area contributed by atoms with Crippen LogP contribution in [0.3, 0.4) is 0 Å². The van der Waals surface area contributed by atoms with Crippen LogP contribution in [0.4, 0.5) is 0 Å². The van der Waals surface area contributed by atoms with E-state index in [2.05, 4.69) is 39.0 Å².